The fourth-order valence-corrected chi connectivity index (χ4v) is 3.90. The highest BCUT2D eigenvalue weighted by Gasteiger charge is 2.58. The number of rotatable bonds is 3. The van der Waals surface area contributed by atoms with Crippen molar-refractivity contribution in [1.29, 1.82) is 0 Å². The number of alkyl halides is 3. The van der Waals surface area contributed by atoms with Crippen LogP contribution in [0.25, 0.3) is 0 Å². The maximum absolute atomic E-state index is 14.4. The Kier molecular flexibility index (Phi) is 4.33. The number of anilines is 1. The molecule has 9 heteroatoms. The van der Waals surface area contributed by atoms with Gasteiger partial charge in [-0.3, -0.25) is 4.79 Å². The first-order valence-electron chi connectivity index (χ1n) is 7.50. The Bertz CT molecular complexity index is 757. The molecule has 0 aromatic heterocycles. The molecule has 3 rings (SSSR count). The number of benzene rings is 1. The average Bonchev–Trinajstić information content (AvgIpc) is 2.69. The summed E-state index contributed by atoms with van der Waals surface area (Å²) in [6.45, 7) is 0.583. The van der Waals surface area contributed by atoms with Crippen LogP contribution in [0.1, 0.15) is 40.5 Å². The van der Waals surface area contributed by atoms with Crippen LogP contribution in [0.4, 0.5) is 18.9 Å². The average molecular weight is 363 g/mol. The molecular weight excluding hydrogens is 347 g/mol. The SMILES string of the molecule is O=C1c2c(C[SH](=O)=O)ccc(N3CCC[C@H](O)C3)c2[C@@H](F)C1(F)F. The molecular formula is C15H16F3NO4S. The standard InChI is InChI=1S/C15H16F3NO4S/c16-13-12-10(19-5-1-2-9(20)6-19)4-3-8(7-24(22)23)11(12)14(21)15(13,17)18/h3-4,9,13,20,24H,1-2,5-7H2/t9-,13+/m0/s1. The lowest BCUT2D eigenvalue weighted by Crippen LogP contribution is -2.39. The summed E-state index contributed by atoms with van der Waals surface area (Å²) in [7, 11) is -2.95. The number of ketones is 1. The summed E-state index contributed by atoms with van der Waals surface area (Å²) in [6, 6.07) is 2.62. The van der Waals surface area contributed by atoms with E-state index < -0.39 is 51.6 Å². The van der Waals surface area contributed by atoms with Crippen molar-refractivity contribution in [1.82, 2.24) is 0 Å². The number of thiol groups is 1. The zero-order valence-electron chi connectivity index (χ0n) is 12.5. The highest BCUT2D eigenvalue weighted by Crippen LogP contribution is 2.50. The van der Waals surface area contributed by atoms with Crippen molar-refractivity contribution in [2.24, 2.45) is 0 Å². The van der Waals surface area contributed by atoms with E-state index >= 15 is 0 Å². The fraction of sp³-hybridized carbons (Fsp3) is 0.533. The molecule has 0 unspecified atom stereocenters. The van der Waals surface area contributed by atoms with Gasteiger partial charge in [0.25, 0.3) is 0 Å². The van der Waals surface area contributed by atoms with Gasteiger partial charge in [0, 0.05) is 29.9 Å². The van der Waals surface area contributed by atoms with E-state index in [1.54, 1.807) is 4.90 Å². The molecule has 5 nitrogen and oxygen atoms in total. The highest BCUT2D eigenvalue weighted by molar-refractivity contribution is 7.71. The van der Waals surface area contributed by atoms with Gasteiger partial charge < -0.3 is 10.0 Å². The van der Waals surface area contributed by atoms with Gasteiger partial charge in [-0.1, -0.05) is 6.07 Å². The number of aliphatic hydroxyl groups excluding tert-OH is 1. The van der Waals surface area contributed by atoms with Crippen LogP contribution < -0.4 is 4.90 Å². The number of aliphatic hydroxyl groups is 1. The molecule has 1 heterocycles. The summed E-state index contributed by atoms with van der Waals surface area (Å²) in [4.78, 5) is 13.5. The minimum absolute atomic E-state index is 0.117. The van der Waals surface area contributed by atoms with E-state index in [4.69, 9.17) is 0 Å². The molecule has 0 amide bonds. The Morgan fingerprint density at radius 1 is 1.33 bits per heavy atom. The molecule has 1 aromatic carbocycles. The van der Waals surface area contributed by atoms with E-state index in [9.17, 15) is 31.5 Å². The van der Waals surface area contributed by atoms with Gasteiger partial charge in [0.05, 0.1) is 11.9 Å². The van der Waals surface area contributed by atoms with Gasteiger partial charge in [0.2, 0.25) is 5.78 Å². The third-order valence-corrected chi connectivity index (χ3v) is 5.05. The number of Topliss-reactive ketones (excluding diaryl/α,β-unsaturated/α-hetero) is 1. The lowest BCUT2D eigenvalue weighted by atomic mass is 9.99. The van der Waals surface area contributed by atoms with Crippen LogP contribution in [0, 0.1) is 0 Å². The Morgan fingerprint density at radius 3 is 2.67 bits per heavy atom. The fourth-order valence-electron chi connectivity index (χ4n) is 3.36. The quantitative estimate of drug-likeness (QED) is 0.798. The molecule has 1 aromatic rings. The Balaban J connectivity index is 2.15. The number of hydrogen-bond donors (Lipinski definition) is 2. The predicted molar refractivity (Wildman–Crippen MR) is 81.0 cm³/mol. The predicted octanol–water partition coefficient (Wildman–Crippen LogP) is 1.60. The second-order valence-electron chi connectivity index (χ2n) is 6.08. The van der Waals surface area contributed by atoms with Crippen LogP contribution in [0.15, 0.2) is 12.1 Å². The van der Waals surface area contributed by atoms with E-state index in [2.05, 4.69) is 0 Å². The molecule has 1 fully saturated rings. The minimum Gasteiger partial charge on any atom is -0.391 e. The normalized spacial score (nSPS) is 26.0. The molecule has 1 saturated heterocycles. The van der Waals surface area contributed by atoms with E-state index in [1.165, 1.54) is 12.1 Å². The molecule has 24 heavy (non-hydrogen) atoms. The largest absolute Gasteiger partial charge is 0.391 e. The molecule has 132 valence electrons. The van der Waals surface area contributed by atoms with Crippen LogP contribution in [-0.4, -0.2) is 44.4 Å². The van der Waals surface area contributed by atoms with Crippen molar-refractivity contribution in [2.75, 3.05) is 18.0 Å². The zero-order chi connectivity index (χ0) is 17.6. The van der Waals surface area contributed by atoms with Crippen molar-refractivity contribution in [3.63, 3.8) is 0 Å². The number of piperidine rings is 1. The third kappa shape index (κ3) is 2.69. The molecule has 0 spiro atoms. The van der Waals surface area contributed by atoms with Gasteiger partial charge in [-0.2, -0.15) is 8.78 Å². The second-order valence-corrected chi connectivity index (χ2v) is 7.06. The number of carbonyl (C=O) groups excluding carboxylic acids is 1. The van der Waals surface area contributed by atoms with Crippen molar-refractivity contribution in [2.45, 2.75) is 36.8 Å². The Morgan fingerprint density at radius 2 is 2.04 bits per heavy atom. The van der Waals surface area contributed by atoms with Gasteiger partial charge in [-0.25, -0.2) is 12.8 Å². The Hall–Kier alpha value is -1.61. The number of hydrogen-bond acceptors (Lipinski definition) is 5. The summed E-state index contributed by atoms with van der Waals surface area (Å²) >= 11 is 0. The molecule has 0 bridgehead atoms. The van der Waals surface area contributed by atoms with Crippen molar-refractivity contribution < 1.29 is 31.5 Å². The number of nitrogens with zero attached hydrogens (tertiary/aromatic N) is 1. The first-order valence-corrected chi connectivity index (χ1v) is 8.87. The monoisotopic (exact) mass is 363 g/mol. The number of carbonyl (C=O) groups is 1. The van der Waals surface area contributed by atoms with Gasteiger partial charge in [0.1, 0.15) is 10.7 Å². The number of halogens is 3. The van der Waals surface area contributed by atoms with Crippen LogP contribution in [0.5, 0.6) is 0 Å². The van der Waals surface area contributed by atoms with Crippen LogP contribution >= 0.6 is 0 Å². The molecule has 1 N–H and O–H groups in total. The van der Waals surface area contributed by atoms with E-state index in [0.717, 1.165) is 0 Å². The van der Waals surface area contributed by atoms with Crippen molar-refractivity contribution >= 4 is 22.2 Å². The van der Waals surface area contributed by atoms with E-state index in [0.29, 0.717) is 19.4 Å². The summed E-state index contributed by atoms with van der Waals surface area (Å²) < 4.78 is 64.1. The molecule has 1 aliphatic carbocycles. The minimum atomic E-state index is -4.21. The number of β-amino-alcohol motifs (C(OH)–C–C–N with tert-alkyl or cyclic N) is 1. The zero-order valence-corrected chi connectivity index (χ0v) is 13.4. The summed E-state index contributed by atoms with van der Waals surface area (Å²) in [5, 5.41) is 9.75. The molecule has 2 aliphatic rings. The molecule has 2 atom stereocenters. The van der Waals surface area contributed by atoms with Gasteiger partial charge in [0.15, 0.2) is 6.17 Å². The van der Waals surface area contributed by atoms with Gasteiger partial charge in [-0.15, -0.1) is 0 Å². The lowest BCUT2D eigenvalue weighted by molar-refractivity contribution is -0.0363. The maximum atomic E-state index is 14.4. The third-order valence-electron chi connectivity index (χ3n) is 4.45. The summed E-state index contributed by atoms with van der Waals surface area (Å²) in [5.74, 6) is -6.50. The first-order chi connectivity index (χ1) is 11.2. The summed E-state index contributed by atoms with van der Waals surface area (Å²) in [5.41, 5.74) is -1.00. The van der Waals surface area contributed by atoms with Crippen LogP contribution in [-0.2, 0) is 16.5 Å². The maximum Gasteiger partial charge on any atom is 0.344 e. The second kappa shape index (κ2) is 6.03. The summed E-state index contributed by atoms with van der Waals surface area (Å²) in [6.07, 6.45) is -2.33. The van der Waals surface area contributed by atoms with E-state index in [1.807, 2.05) is 0 Å². The van der Waals surface area contributed by atoms with Crippen LogP contribution in [0.3, 0.4) is 0 Å². The highest BCUT2D eigenvalue weighted by atomic mass is 32.2. The van der Waals surface area contributed by atoms with Crippen molar-refractivity contribution in [3.05, 3.63) is 28.8 Å². The van der Waals surface area contributed by atoms with Gasteiger partial charge >= 0.3 is 5.92 Å². The number of fused-ring (bicyclic) bond motifs is 1. The van der Waals surface area contributed by atoms with Gasteiger partial charge in [-0.05, 0) is 24.5 Å². The molecule has 0 radical (unpaired) electrons. The lowest BCUT2D eigenvalue weighted by Gasteiger charge is -2.33. The topological polar surface area (TPSA) is 74.7 Å². The smallest absolute Gasteiger partial charge is 0.344 e. The molecule has 1 aliphatic heterocycles. The first kappa shape index (κ1) is 17.2. The van der Waals surface area contributed by atoms with Crippen LogP contribution in [0.2, 0.25) is 0 Å². The Labute approximate surface area is 138 Å². The molecule has 0 saturated carbocycles. The van der Waals surface area contributed by atoms with Crippen molar-refractivity contribution in [3.8, 4) is 0 Å². The van der Waals surface area contributed by atoms with E-state index in [-0.39, 0.29) is 17.8 Å².